The van der Waals surface area contributed by atoms with Crippen molar-refractivity contribution >= 4 is 19.5 Å². The van der Waals surface area contributed by atoms with Gasteiger partial charge >= 0.3 is 19.5 Å². The van der Waals surface area contributed by atoms with E-state index in [1.54, 1.807) is 27.7 Å². The maximum Gasteiger partial charge on any atom is 0.330 e. The molecule has 0 heterocycles. The van der Waals surface area contributed by atoms with Crippen LogP contribution in [0.25, 0.3) is 0 Å². The minimum atomic E-state index is -2.98. The predicted molar refractivity (Wildman–Crippen MR) is 95.6 cm³/mol. The lowest BCUT2D eigenvalue weighted by Gasteiger charge is -2.17. The van der Waals surface area contributed by atoms with Gasteiger partial charge in [0, 0.05) is 0 Å². The van der Waals surface area contributed by atoms with E-state index in [4.69, 9.17) is 18.5 Å². The molecule has 0 saturated carbocycles. The van der Waals surface area contributed by atoms with Crippen LogP contribution in [0.4, 0.5) is 0 Å². The largest absolute Gasteiger partial charge is 0.465 e. The maximum absolute atomic E-state index is 12.3. The Morgan fingerprint density at radius 2 is 1.24 bits per heavy atom. The Morgan fingerprint density at radius 3 is 1.68 bits per heavy atom. The molecule has 0 aliphatic heterocycles. The van der Waals surface area contributed by atoms with Crippen LogP contribution in [0.2, 0.25) is 0 Å². The van der Waals surface area contributed by atoms with Crippen LogP contribution in [0.15, 0.2) is 0 Å². The molecule has 0 saturated heterocycles. The fourth-order valence-electron chi connectivity index (χ4n) is 2.38. The Balaban J connectivity index is 4.22. The van der Waals surface area contributed by atoms with Crippen molar-refractivity contribution in [2.45, 2.75) is 59.8 Å². The Labute approximate surface area is 151 Å². The highest BCUT2D eigenvalue weighted by Crippen LogP contribution is 2.48. The molecule has 0 aliphatic rings. The van der Waals surface area contributed by atoms with Crippen LogP contribution in [0.5, 0.6) is 0 Å². The van der Waals surface area contributed by atoms with Gasteiger partial charge in [0.05, 0.1) is 32.6 Å². The molecular weight excluding hydrogens is 347 g/mol. The predicted octanol–water partition coefficient (Wildman–Crippen LogP) is 3.95. The number of esters is 2. The van der Waals surface area contributed by atoms with Crippen molar-refractivity contribution in [3.05, 3.63) is 0 Å². The highest BCUT2D eigenvalue weighted by atomic mass is 31.2. The Kier molecular flexibility index (Phi) is 13.8. The minimum Gasteiger partial charge on any atom is -0.465 e. The summed E-state index contributed by atoms with van der Waals surface area (Å²) in [7, 11) is -2.98. The molecule has 0 aromatic carbocycles. The highest BCUT2D eigenvalue weighted by molar-refractivity contribution is 7.53. The van der Waals surface area contributed by atoms with Crippen LogP contribution in [0.3, 0.4) is 0 Å². The van der Waals surface area contributed by atoms with Gasteiger partial charge in [-0.15, -0.1) is 0 Å². The first-order chi connectivity index (χ1) is 11.9. The van der Waals surface area contributed by atoms with Crippen LogP contribution in [0.1, 0.15) is 59.8 Å². The molecule has 0 amide bonds. The first kappa shape index (κ1) is 24.1. The normalized spacial score (nSPS) is 11.6. The first-order valence-corrected chi connectivity index (χ1v) is 10.9. The van der Waals surface area contributed by atoms with Gasteiger partial charge in [0.15, 0.2) is 5.92 Å². The van der Waals surface area contributed by atoms with Gasteiger partial charge in [-0.2, -0.15) is 0 Å². The Bertz CT molecular complexity index is 397. The van der Waals surface area contributed by atoms with Gasteiger partial charge in [-0.3, -0.25) is 14.2 Å². The van der Waals surface area contributed by atoms with E-state index in [1.165, 1.54) is 0 Å². The minimum absolute atomic E-state index is 0.235. The number of carbonyl (C=O) groups excluding carboxylic acids is 2. The second kappa shape index (κ2) is 14.3. The summed E-state index contributed by atoms with van der Waals surface area (Å²) in [5, 5.41) is 0. The molecule has 0 aliphatic carbocycles. The SMILES string of the molecule is CCOC(=O)C(CCCCCCP(=O)(OCC)OCC)C(=O)OCC. The second-order valence-corrected chi connectivity index (χ2v) is 7.62. The summed E-state index contributed by atoms with van der Waals surface area (Å²) in [5.41, 5.74) is 0. The smallest absolute Gasteiger partial charge is 0.330 e. The summed E-state index contributed by atoms with van der Waals surface area (Å²) in [4.78, 5) is 23.7. The van der Waals surface area contributed by atoms with Crippen molar-refractivity contribution < 1.29 is 32.7 Å². The number of hydrogen-bond donors (Lipinski definition) is 0. The van der Waals surface area contributed by atoms with E-state index >= 15 is 0 Å². The lowest BCUT2D eigenvalue weighted by molar-refractivity contribution is -0.161. The quantitative estimate of drug-likeness (QED) is 0.184. The lowest BCUT2D eigenvalue weighted by Crippen LogP contribution is -2.28. The molecule has 0 unspecified atom stereocenters. The third-order valence-corrected chi connectivity index (χ3v) is 5.64. The number of hydrogen-bond acceptors (Lipinski definition) is 7. The average molecular weight is 380 g/mol. The van der Waals surface area contributed by atoms with Gasteiger partial charge in [-0.25, -0.2) is 0 Å². The molecule has 0 spiro atoms. The molecule has 7 nitrogen and oxygen atoms in total. The van der Waals surface area contributed by atoms with Crippen molar-refractivity contribution in [1.82, 2.24) is 0 Å². The van der Waals surface area contributed by atoms with Gasteiger partial charge < -0.3 is 18.5 Å². The molecule has 0 radical (unpaired) electrons. The zero-order valence-electron chi connectivity index (χ0n) is 16.0. The van der Waals surface area contributed by atoms with Gasteiger partial charge in [0.1, 0.15) is 0 Å². The zero-order chi connectivity index (χ0) is 19.1. The molecule has 0 rings (SSSR count). The van der Waals surface area contributed by atoms with Crippen LogP contribution < -0.4 is 0 Å². The molecule has 0 aromatic heterocycles. The lowest BCUT2D eigenvalue weighted by atomic mass is 10.0. The third kappa shape index (κ3) is 10.6. The van der Waals surface area contributed by atoms with Crippen LogP contribution in [0, 0.1) is 5.92 Å². The van der Waals surface area contributed by atoms with E-state index in [0.29, 0.717) is 38.6 Å². The van der Waals surface area contributed by atoms with E-state index in [9.17, 15) is 14.2 Å². The highest BCUT2D eigenvalue weighted by Gasteiger charge is 2.29. The molecule has 0 atom stereocenters. The van der Waals surface area contributed by atoms with E-state index in [2.05, 4.69) is 0 Å². The Hall–Kier alpha value is -0.910. The molecule has 0 fully saturated rings. The summed E-state index contributed by atoms with van der Waals surface area (Å²) in [6, 6.07) is 0. The third-order valence-electron chi connectivity index (χ3n) is 3.47. The molecule has 0 N–H and O–H groups in total. The number of rotatable bonds is 15. The first-order valence-electron chi connectivity index (χ1n) is 9.15. The summed E-state index contributed by atoms with van der Waals surface area (Å²) < 4.78 is 32.7. The van der Waals surface area contributed by atoms with Crippen molar-refractivity contribution in [3.63, 3.8) is 0 Å². The molecule has 148 valence electrons. The van der Waals surface area contributed by atoms with Gasteiger partial charge in [-0.1, -0.05) is 19.3 Å². The van der Waals surface area contributed by atoms with E-state index in [1.807, 2.05) is 0 Å². The number of unbranched alkanes of at least 4 members (excludes halogenated alkanes) is 3. The van der Waals surface area contributed by atoms with Crippen molar-refractivity contribution in [1.29, 1.82) is 0 Å². The molecule has 25 heavy (non-hydrogen) atoms. The average Bonchev–Trinajstić information content (AvgIpc) is 2.54. The standard InChI is InChI=1S/C17H33O7P/c1-5-21-16(18)15(17(19)22-6-2)13-11-9-10-12-14-25(20,23-7-3)24-8-4/h15H,5-14H2,1-4H3. The van der Waals surface area contributed by atoms with Gasteiger partial charge in [-0.05, 0) is 40.5 Å². The van der Waals surface area contributed by atoms with Crippen molar-refractivity contribution in [2.75, 3.05) is 32.6 Å². The van der Waals surface area contributed by atoms with Gasteiger partial charge in [0.2, 0.25) is 0 Å². The molecule has 0 aromatic rings. The van der Waals surface area contributed by atoms with Crippen LogP contribution >= 0.6 is 7.60 Å². The van der Waals surface area contributed by atoms with Crippen molar-refractivity contribution in [2.24, 2.45) is 5.92 Å². The molecule has 8 heteroatoms. The molecule has 0 bridgehead atoms. The fourth-order valence-corrected chi connectivity index (χ4v) is 4.12. The topological polar surface area (TPSA) is 88.1 Å². The van der Waals surface area contributed by atoms with Crippen molar-refractivity contribution in [3.8, 4) is 0 Å². The molecular formula is C17H33O7P. The van der Waals surface area contributed by atoms with E-state index < -0.39 is 25.5 Å². The second-order valence-electron chi connectivity index (χ2n) is 5.43. The maximum atomic E-state index is 12.3. The summed E-state index contributed by atoms with van der Waals surface area (Å²) in [5.74, 6) is -1.92. The summed E-state index contributed by atoms with van der Waals surface area (Å²) in [6.07, 6.45) is 3.81. The van der Waals surface area contributed by atoms with Crippen LogP contribution in [-0.2, 0) is 32.7 Å². The zero-order valence-corrected chi connectivity index (χ0v) is 16.8. The fraction of sp³-hybridized carbons (Fsp3) is 0.882. The van der Waals surface area contributed by atoms with E-state index in [0.717, 1.165) is 12.8 Å². The number of ether oxygens (including phenoxy) is 2. The monoisotopic (exact) mass is 380 g/mol. The van der Waals surface area contributed by atoms with Gasteiger partial charge in [0.25, 0.3) is 0 Å². The summed E-state index contributed by atoms with van der Waals surface area (Å²) >= 11 is 0. The van der Waals surface area contributed by atoms with E-state index in [-0.39, 0.29) is 13.2 Å². The Morgan fingerprint density at radius 1 is 0.760 bits per heavy atom. The number of carbonyl (C=O) groups is 2. The van der Waals surface area contributed by atoms with Crippen LogP contribution in [-0.4, -0.2) is 44.5 Å². The summed E-state index contributed by atoms with van der Waals surface area (Å²) in [6.45, 7) is 8.17.